The highest BCUT2D eigenvalue weighted by molar-refractivity contribution is 7.19. The Labute approximate surface area is 152 Å². The lowest BCUT2D eigenvalue weighted by molar-refractivity contribution is 0.0698. The number of nitrogens with one attached hydrogen (secondary N) is 1. The molecular weight excluding hydrogens is 362 g/mol. The predicted molar refractivity (Wildman–Crippen MR) is 99.5 cm³/mol. The smallest absolute Gasteiger partial charge is 0.337 e. The van der Waals surface area contributed by atoms with Crippen molar-refractivity contribution in [1.29, 1.82) is 0 Å². The minimum atomic E-state index is -1.19. The van der Waals surface area contributed by atoms with E-state index >= 15 is 0 Å². The van der Waals surface area contributed by atoms with Gasteiger partial charge in [-0.05, 0) is 42.6 Å². The first-order valence-corrected chi connectivity index (χ1v) is 8.51. The van der Waals surface area contributed by atoms with Crippen LogP contribution >= 0.6 is 22.9 Å². The molecule has 25 heavy (non-hydrogen) atoms. The first-order chi connectivity index (χ1) is 11.9. The third kappa shape index (κ3) is 3.45. The number of halogens is 1. The van der Waals surface area contributed by atoms with E-state index in [4.69, 9.17) is 16.3 Å². The van der Waals surface area contributed by atoms with Crippen LogP contribution in [0.5, 0.6) is 5.75 Å². The second kappa shape index (κ2) is 6.74. The second-order valence-electron chi connectivity index (χ2n) is 5.40. The van der Waals surface area contributed by atoms with E-state index in [1.807, 2.05) is 19.1 Å². The molecule has 2 aromatic carbocycles. The van der Waals surface area contributed by atoms with Crippen LogP contribution in [0.4, 0.5) is 5.69 Å². The number of hydrogen-bond acceptors (Lipinski definition) is 4. The van der Waals surface area contributed by atoms with Crippen molar-refractivity contribution in [2.45, 2.75) is 6.92 Å². The number of anilines is 1. The quantitative estimate of drug-likeness (QED) is 0.685. The summed E-state index contributed by atoms with van der Waals surface area (Å²) >= 11 is 7.62. The number of aryl methyl sites for hydroxylation is 1. The van der Waals surface area contributed by atoms with E-state index < -0.39 is 11.9 Å². The highest BCUT2D eigenvalue weighted by Crippen LogP contribution is 2.32. The van der Waals surface area contributed by atoms with Crippen molar-refractivity contribution >= 4 is 50.6 Å². The van der Waals surface area contributed by atoms with E-state index in [1.54, 1.807) is 23.5 Å². The van der Waals surface area contributed by atoms with Gasteiger partial charge >= 0.3 is 5.97 Å². The van der Waals surface area contributed by atoms with Gasteiger partial charge in [0, 0.05) is 21.2 Å². The zero-order valence-corrected chi connectivity index (χ0v) is 15.0. The maximum Gasteiger partial charge on any atom is 0.337 e. The van der Waals surface area contributed by atoms with Gasteiger partial charge in [-0.1, -0.05) is 11.6 Å². The summed E-state index contributed by atoms with van der Waals surface area (Å²) < 4.78 is 6.18. The normalized spacial score (nSPS) is 10.7. The number of carboxylic acids is 1. The number of thiophene rings is 1. The van der Waals surface area contributed by atoms with Gasteiger partial charge in [-0.25, -0.2) is 4.79 Å². The van der Waals surface area contributed by atoms with Crippen LogP contribution in [0.1, 0.15) is 25.6 Å². The lowest BCUT2D eigenvalue weighted by atomic mass is 10.1. The second-order valence-corrected chi connectivity index (χ2v) is 7.10. The van der Waals surface area contributed by atoms with E-state index in [9.17, 15) is 14.7 Å². The Hall–Kier alpha value is -2.57. The summed E-state index contributed by atoms with van der Waals surface area (Å²) in [7, 11) is 1.42. The average Bonchev–Trinajstić information content (AvgIpc) is 2.94. The van der Waals surface area contributed by atoms with Crippen LogP contribution in [0.2, 0.25) is 5.02 Å². The molecule has 0 spiro atoms. The molecule has 3 aromatic rings. The molecule has 3 rings (SSSR count). The summed E-state index contributed by atoms with van der Waals surface area (Å²) in [6.07, 6.45) is 0. The number of rotatable bonds is 4. The van der Waals surface area contributed by atoms with Crippen molar-refractivity contribution in [3.8, 4) is 5.75 Å². The molecule has 0 saturated carbocycles. The Bertz CT molecular complexity index is 996. The van der Waals surface area contributed by atoms with Crippen LogP contribution in [0, 0.1) is 6.92 Å². The van der Waals surface area contributed by atoms with Crippen molar-refractivity contribution in [1.82, 2.24) is 0 Å². The molecule has 0 bridgehead atoms. The number of hydrogen-bond donors (Lipinski definition) is 2. The maximum atomic E-state index is 12.5. The molecule has 0 unspecified atom stereocenters. The molecule has 0 radical (unpaired) electrons. The fraction of sp³-hybridized carbons (Fsp3) is 0.111. The zero-order valence-electron chi connectivity index (χ0n) is 13.4. The van der Waals surface area contributed by atoms with Gasteiger partial charge in [0.2, 0.25) is 0 Å². The zero-order chi connectivity index (χ0) is 18.1. The van der Waals surface area contributed by atoms with E-state index in [2.05, 4.69) is 5.32 Å². The number of amides is 1. The molecule has 1 aromatic heterocycles. The largest absolute Gasteiger partial charge is 0.495 e. The summed E-state index contributed by atoms with van der Waals surface area (Å²) in [5, 5.41) is 13.1. The van der Waals surface area contributed by atoms with Crippen LogP contribution in [0.3, 0.4) is 0 Å². The summed E-state index contributed by atoms with van der Waals surface area (Å²) in [5.41, 5.74) is 0.461. The summed E-state index contributed by atoms with van der Waals surface area (Å²) in [5.74, 6) is -1.31. The van der Waals surface area contributed by atoms with E-state index in [1.165, 1.54) is 19.2 Å². The Morgan fingerprint density at radius 1 is 1.20 bits per heavy atom. The average molecular weight is 376 g/mol. The molecule has 128 valence electrons. The minimum absolute atomic E-state index is 0.105. The highest BCUT2D eigenvalue weighted by atomic mass is 35.5. The van der Waals surface area contributed by atoms with Gasteiger partial charge in [0.1, 0.15) is 5.75 Å². The Morgan fingerprint density at radius 3 is 2.64 bits per heavy atom. The molecule has 0 aliphatic carbocycles. The van der Waals surface area contributed by atoms with Crippen molar-refractivity contribution in [3.63, 3.8) is 0 Å². The van der Waals surface area contributed by atoms with E-state index in [0.29, 0.717) is 5.56 Å². The van der Waals surface area contributed by atoms with Crippen molar-refractivity contribution in [2.75, 3.05) is 12.4 Å². The van der Waals surface area contributed by atoms with Gasteiger partial charge in [0.05, 0.1) is 23.4 Å². The van der Waals surface area contributed by atoms with Crippen LogP contribution < -0.4 is 10.1 Å². The lowest BCUT2D eigenvalue weighted by Crippen LogP contribution is -2.15. The van der Waals surface area contributed by atoms with Gasteiger partial charge in [0.25, 0.3) is 5.91 Å². The first-order valence-electron chi connectivity index (χ1n) is 7.31. The van der Waals surface area contributed by atoms with Crippen LogP contribution in [0.25, 0.3) is 10.1 Å². The van der Waals surface area contributed by atoms with Gasteiger partial charge in [-0.15, -0.1) is 11.3 Å². The molecule has 1 heterocycles. The molecule has 0 aliphatic rings. The van der Waals surface area contributed by atoms with Crippen molar-refractivity contribution in [3.05, 3.63) is 57.4 Å². The number of carboxylic acid groups (broad SMARTS) is 1. The number of methoxy groups -OCH3 is 1. The molecule has 0 saturated heterocycles. The summed E-state index contributed by atoms with van der Waals surface area (Å²) in [6.45, 7) is 2.00. The summed E-state index contributed by atoms with van der Waals surface area (Å²) in [4.78, 5) is 25.1. The third-order valence-electron chi connectivity index (χ3n) is 3.67. The van der Waals surface area contributed by atoms with Crippen molar-refractivity contribution in [2.24, 2.45) is 0 Å². The molecule has 1 amide bonds. The third-order valence-corrected chi connectivity index (χ3v) is 5.00. The summed E-state index contributed by atoms with van der Waals surface area (Å²) in [6, 6.07) is 10.0. The first kappa shape index (κ1) is 17.3. The van der Waals surface area contributed by atoms with Gasteiger partial charge < -0.3 is 15.2 Å². The highest BCUT2D eigenvalue weighted by Gasteiger charge is 2.17. The molecule has 0 atom stereocenters. The number of benzene rings is 2. The Balaban J connectivity index is 1.97. The topological polar surface area (TPSA) is 75.6 Å². The van der Waals surface area contributed by atoms with Crippen molar-refractivity contribution < 1.29 is 19.4 Å². The molecule has 5 nitrogen and oxygen atoms in total. The Morgan fingerprint density at radius 2 is 1.96 bits per heavy atom. The SMILES string of the molecule is COc1cc(NC(=O)c2ccc3sc(C)cc3c2)c(C(=O)O)cc1Cl. The Kier molecular flexibility index (Phi) is 4.65. The monoisotopic (exact) mass is 375 g/mol. The molecule has 2 N–H and O–H groups in total. The number of carbonyl (C=O) groups excluding carboxylic acids is 1. The van der Waals surface area contributed by atoms with Gasteiger partial charge in [-0.2, -0.15) is 0 Å². The number of carbonyl (C=O) groups is 2. The maximum absolute atomic E-state index is 12.5. The number of fused-ring (bicyclic) bond motifs is 1. The molecule has 7 heteroatoms. The fourth-order valence-corrected chi connectivity index (χ4v) is 3.65. The van der Waals surface area contributed by atoms with Gasteiger partial charge in [0.15, 0.2) is 0 Å². The minimum Gasteiger partial charge on any atom is -0.495 e. The number of aromatic carboxylic acids is 1. The van der Waals surface area contributed by atoms with Crippen LogP contribution in [-0.4, -0.2) is 24.1 Å². The fourth-order valence-electron chi connectivity index (χ4n) is 2.50. The van der Waals surface area contributed by atoms with Crippen LogP contribution in [-0.2, 0) is 0 Å². The van der Waals surface area contributed by atoms with E-state index in [0.717, 1.165) is 15.0 Å². The molecule has 0 aliphatic heterocycles. The molecule has 0 fully saturated rings. The lowest BCUT2D eigenvalue weighted by Gasteiger charge is -2.12. The predicted octanol–water partition coefficient (Wildman–Crippen LogP) is 4.82. The molecular formula is C18H14ClNO4S. The number of ether oxygens (including phenoxy) is 1. The standard InChI is InChI=1S/C18H14ClNO4S/c1-9-5-11-6-10(3-4-16(11)25-9)17(21)20-14-8-15(24-2)13(19)7-12(14)18(22)23/h3-8H,1-2H3,(H,20,21)(H,22,23). The van der Waals surface area contributed by atoms with E-state index in [-0.39, 0.29) is 22.0 Å². The van der Waals surface area contributed by atoms with Gasteiger partial charge in [-0.3, -0.25) is 4.79 Å². The van der Waals surface area contributed by atoms with Crippen LogP contribution in [0.15, 0.2) is 36.4 Å².